The molecule has 1 aliphatic carbocycles. The lowest BCUT2D eigenvalue weighted by atomic mass is 10.0. The lowest BCUT2D eigenvalue weighted by molar-refractivity contribution is 1.09. The van der Waals surface area contributed by atoms with Crippen molar-refractivity contribution in [2.75, 3.05) is 0 Å². The third kappa shape index (κ3) is 3.43. The van der Waals surface area contributed by atoms with E-state index in [-0.39, 0.29) is 0 Å². The minimum Gasteiger partial charge on any atom is -0.309 e. The Kier molecular flexibility index (Phi) is 5.08. The zero-order valence-corrected chi connectivity index (χ0v) is 25.8. The van der Waals surface area contributed by atoms with Gasteiger partial charge in [-0.25, -0.2) is 4.98 Å². The number of rotatable bonds is 3. The number of fused-ring (bicyclic) bond motifs is 9. The lowest BCUT2D eigenvalue weighted by Gasteiger charge is -2.11. The van der Waals surface area contributed by atoms with E-state index in [2.05, 4.69) is 155 Å². The molecule has 1 aliphatic rings. The number of aromatic nitrogens is 4. The van der Waals surface area contributed by atoms with Gasteiger partial charge in [-0.1, -0.05) is 97.1 Å². The Bertz CT molecular complexity index is 2950. The smallest absolute Gasteiger partial charge is 0.139 e. The Morgan fingerprint density at radius 2 is 1.10 bits per heavy atom. The first-order valence-corrected chi connectivity index (χ1v) is 16.3. The molecule has 0 N–H and O–H groups in total. The molecule has 0 spiro atoms. The van der Waals surface area contributed by atoms with Crippen molar-refractivity contribution >= 4 is 54.4 Å². The molecule has 11 rings (SSSR count). The van der Waals surface area contributed by atoms with Crippen molar-refractivity contribution in [3.8, 4) is 45.1 Å². The van der Waals surface area contributed by atoms with Crippen LogP contribution in [0.2, 0.25) is 0 Å². The molecule has 0 amide bonds. The fraction of sp³-hybridized carbons (Fsp3) is 0. The van der Waals surface area contributed by atoms with Gasteiger partial charge in [-0.3, -0.25) is 9.55 Å². The number of hydrogen-bond donors (Lipinski definition) is 0. The van der Waals surface area contributed by atoms with Crippen molar-refractivity contribution in [3.05, 3.63) is 158 Å². The standard InChI is InChI=1S/C44H26N4/c1-2-11-30(12-3-1)47-37-17-6-4-13-31(37)33-21-19-28(25-40(33)47)27-20-22-39-36(24-27)32-14-5-7-18-38(32)48(39)41-26-29-10-8-15-34-35-16-9-23-45-43(35)44(46-41)42(29)34/h1-26H. The van der Waals surface area contributed by atoms with Crippen molar-refractivity contribution in [2.45, 2.75) is 0 Å². The van der Waals surface area contributed by atoms with Gasteiger partial charge in [0.15, 0.2) is 0 Å². The second kappa shape index (κ2) is 9.50. The third-order valence-electron chi connectivity index (χ3n) is 10.1. The van der Waals surface area contributed by atoms with E-state index < -0.39 is 0 Å². The number of para-hydroxylation sites is 3. The van der Waals surface area contributed by atoms with Crippen LogP contribution in [0.15, 0.2) is 158 Å². The molecule has 0 bridgehead atoms. The molecule has 222 valence electrons. The van der Waals surface area contributed by atoms with E-state index in [0.29, 0.717) is 0 Å². The first-order valence-electron chi connectivity index (χ1n) is 16.3. The van der Waals surface area contributed by atoms with Crippen LogP contribution < -0.4 is 0 Å². The zero-order valence-electron chi connectivity index (χ0n) is 25.8. The van der Waals surface area contributed by atoms with Gasteiger partial charge in [-0.15, -0.1) is 0 Å². The summed E-state index contributed by atoms with van der Waals surface area (Å²) in [6, 6.07) is 54.6. The van der Waals surface area contributed by atoms with Crippen molar-refractivity contribution < 1.29 is 0 Å². The van der Waals surface area contributed by atoms with E-state index in [1.54, 1.807) is 0 Å². The van der Waals surface area contributed by atoms with Gasteiger partial charge < -0.3 is 4.57 Å². The first-order chi connectivity index (χ1) is 23.8. The van der Waals surface area contributed by atoms with Gasteiger partial charge in [-0.05, 0) is 76.7 Å². The highest BCUT2D eigenvalue weighted by Gasteiger charge is 2.25. The molecule has 0 saturated carbocycles. The molecule has 0 aliphatic heterocycles. The Labute approximate surface area is 275 Å². The minimum absolute atomic E-state index is 0.904. The molecule has 48 heavy (non-hydrogen) atoms. The number of pyridine rings is 2. The second-order valence-corrected chi connectivity index (χ2v) is 12.6. The molecule has 4 nitrogen and oxygen atoms in total. The fourth-order valence-electron chi connectivity index (χ4n) is 8.02. The second-order valence-electron chi connectivity index (χ2n) is 12.6. The molecule has 4 aromatic heterocycles. The maximum absolute atomic E-state index is 5.33. The van der Waals surface area contributed by atoms with Crippen LogP contribution in [0.4, 0.5) is 0 Å². The fourth-order valence-corrected chi connectivity index (χ4v) is 8.02. The highest BCUT2D eigenvalue weighted by atomic mass is 15.1. The predicted octanol–water partition coefficient (Wildman–Crippen LogP) is 11.1. The highest BCUT2D eigenvalue weighted by molar-refractivity contribution is 6.15. The van der Waals surface area contributed by atoms with Gasteiger partial charge in [-0.2, -0.15) is 0 Å². The SMILES string of the molecule is c1ccc(-n2c3ccccc3c3ccc(-c4ccc5c(c4)c4ccccc4n5-c4cc5cccc6c5c(n4)-c4ncccc4-6)cc32)cc1. The number of benzene rings is 6. The minimum atomic E-state index is 0.904. The normalized spacial score (nSPS) is 12.2. The molecule has 4 heteroatoms. The van der Waals surface area contributed by atoms with E-state index >= 15 is 0 Å². The van der Waals surface area contributed by atoms with Crippen LogP contribution in [0.1, 0.15) is 0 Å². The maximum Gasteiger partial charge on any atom is 0.139 e. The summed E-state index contributed by atoms with van der Waals surface area (Å²) in [6.07, 6.45) is 1.86. The van der Waals surface area contributed by atoms with Gasteiger partial charge >= 0.3 is 0 Å². The van der Waals surface area contributed by atoms with Gasteiger partial charge in [0, 0.05) is 44.4 Å². The summed E-state index contributed by atoms with van der Waals surface area (Å²) in [5, 5.41) is 7.29. The van der Waals surface area contributed by atoms with Crippen molar-refractivity contribution in [1.82, 2.24) is 19.1 Å². The van der Waals surface area contributed by atoms with Crippen LogP contribution >= 0.6 is 0 Å². The van der Waals surface area contributed by atoms with Crippen molar-refractivity contribution in [2.24, 2.45) is 0 Å². The number of hydrogen-bond acceptors (Lipinski definition) is 2. The molecule has 0 atom stereocenters. The summed E-state index contributed by atoms with van der Waals surface area (Å²) < 4.78 is 4.70. The zero-order chi connectivity index (χ0) is 31.3. The summed E-state index contributed by atoms with van der Waals surface area (Å²) >= 11 is 0. The number of nitrogens with zero attached hydrogens (tertiary/aromatic N) is 4. The maximum atomic E-state index is 5.33. The monoisotopic (exact) mass is 610 g/mol. The van der Waals surface area contributed by atoms with Gasteiger partial charge in [0.1, 0.15) is 11.5 Å². The summed E-state index contributed by atoms with van der Waals surface area (Å²) in [5.74, 6) is 0.904. The van der Waals surface area contributed by atoms with Crippen LogP contribution in [-0.4, -0.2) is 19.1 Å². The molecule has 4 heterocycles. The topological polar surface area (TPSA) is 35.6 Å². The first kappa shape index (κ1) is 25.6. The molecule has 10 aromatic rings. The Morgan fingerprint density at radius 1 is 0.417 bits per heavy atom. The van der Waals surface area contributed by atoms with Crippen LogP contribution in [-0.2, 0) is 0 Å². The summed E-state index contributed by atoms with van der Waals surface area (Å²) in [7, 11) is 0. The predicted molar refractivity (Wildman–Crippen MR) is 198 cm³/mol. The van der Waals surface area contributed by atoms with Crippen LogP contribution in [0.3, 0.4) is 0 Å². The quantitative estimate of drug-likeness (QED) is 0.199. The Hall–Kier alpha value is -6.52. The van der Waals surface area contributed by atoms with E-state index in [0.717, 1.165) is 39.5 Å². The van der Waals surface area contributed by atoms with E-state index in [4.69, 9.17) is 9.97 Å². The van der Waals surface area contributed by atoms with Crippen LogP contribution in [0.5, 0.6) is 0 Å². The lowest BCUT2D eigenvalue weighted by Crippen LogP contribution is -1.99. The molecule has 0 saturated heterocycles. The largest absolute Gasteiger partial charge is 0.309 e. The van der Waals surface area contributed by atoms with E-state index in [9.17, 15) is 0 Å². The molecule has 0 radical (unpaired) electrons. The van der Waals surface area contributed by atoms with E-state index in [1.165, 1.54) is 60.0 Å². The van der Waals surface area contributed by atoms with Gasteiger partial charge in [0.2, 0.25) is 0 Å². The molecular formula is C44H26N4. The van der Waals surface area contributed by atoms with Gasteiger partial charge in [0.25, 0.3) is 0 Å². The third-order valence-corrected chi connectivity index (χ3v) is 10.1. The molecule has 0 fully saturated rings. The Morgan fingerprint density at radius 3 is 1.98 bits per heavy atom. The van der Waals surface area contributed by atoms with E-state index in [1.807, 2.05) is 12.3 Å². The highest BCUT2D eigenvalue weighted by Crippen LogP contribution is 2.46. The van der Waals surface area contributed by atoms with Crippen LogP contribution in [0, 0.1) is 0 Å². The Balaban J connectivity index is 1.14. The molecule has 6 aromatic carbocycles. The summed E-state index contributed by atoms with van der Waals surface area (Å²) in [4.78, 5) is 10.1. The van der Waals surface area contributed by atoms with Crippen LogP contribution in [0.25, 0.3) is 99.5 Å². The van der Waals surface area contributed by atoms with Crippen molar-refractivity contribution in [1.29, 1.82) is 0 Å². The molecule has 0 unspecified atom stereocenters. The summed E-state index contributed by atoms with van der Waals surface area (Å²) in [6.45, 7) is 0. The van der Waals surface area contributed by atoms with Gasteiger partial charge in [0.05, 0.1) is 27.8 Å². The summed E-state index contributed by atoms with van der Waals surface area (Å²) in [5.41, 5.74) is 12.5. The molecular weight excluding hydrogens is 585 g/mol. The van der Waals surface area contributed by atoms with Crippen molar-refractivity contribution in [3.63, 3.8) is 0 Å². The average molecular weight is 611 g/mol. The average Bonchev–Trinajstić information content (AvgIpc) is 3.78.